The number of phenolic OH excluding ortho intramolecular Hbond substituents is 1. The van der Waals surface area contributed by atoms with Crippen LogP contribution >= 0.6 is 0 Å². The SMILES string of the molecule is CN(C)[C@@H]1C=C(C(N)=O)C(=O)[C@@]2(O)C(O)=C3C(=O)c4c(O)c(CCCN5CCCC5)cc(F)c4C[C@H]3C[C@@H]12. The summed E-state index contributed by atoms with van der Waals surface area (Å²) in [5.74, 6) is -6.30. The highest BCUT2D eigenvalue weighted by atomic mass is 19.1. The highest BCUT2D eigenvalue weighted by Gasteiger charge is 2.61. The van der Waals surface area contributed by atoms with E-state index in [4.69, 9.17) is 5.73 Å². The maximum Gasteiger partial charge on any atom is 0.252 e. The van der Waals surface area contributed by atoms with Crippen LogP contribution in [0.3, 0.4) is 0 Å². The number of halogens is 1. The Kier molecular flexibility index (Phi) is 6.69. The number of aliphatic hydroxyl groups is 2. The number of ketones is 2. The molecule has 1 aliphatic heterocycles. The molecule has 5 rings (SSSR count). The van der Waals surface area contributed by atoms with Crippen LogP contribution in [0.15, 0.2) is 29.0 Å². The molecule has 4 aliphatic rings. The zero-order valence-corrected chi connectivity index (χ0v) is 21.7. The van der Waals surface area contributed by atoms with Gasteiger partial charge >= 0.3 is 0 Å². The number of nitrogens with zero attached hydrogens (tertiary/aromatic N) is 2. The molecule has 10 heteroatoms. The zero-order valence-electron chi connectivity index (χ0n) is 21.7. The number of carbonyl (C=O) groups is 3. The molecule has 9 nitrogen and oxygen atoms in total. The van der Waals surface area contributed by atoms with E-state index >= 15 is 4.39 Å². The number of hydrogen-bond acceptors (Lipinski definition) is 8. The van der Waals surface area contributed by atoms with E-state index in [1.54, 1.807) is 19.0 Å². The monoisotopic (exact) mass is 527 g/mol. The van der Waals surface area contributed by atoms with Crippen LogP contribution in [-0.2, 0) is 22.4 Å². The van der Waals surface area contributed by atoms with Crippen LogP contribution in [0.25, 0.3) is 0 Å². The number of likely N-dealkylation sites (N-methyl/N-ethyl adjacent to an activating group) is 1. The van der Waals surface area contributed by atoms with Gasteiger partial charge in [-0.1, -0.05) is 6.08 Å². The average Bonchev–Trinajstić information content (AvgIpc) is 3.37. The third-order valence-corrected chi connectivity index (χ3v) is 8.78. The summed E-state index contributed by atoms with van der Waals surface area (Å²) in [5.41, 5.74) is 2.31. The molecule has 4 atom stereocenters. The van der Waals surface area contributed by atoms with Crippen molar-refractivity contribution in [3.8, 4) is 5.75 Å². The van der Waals surface area contributed by atoms with Crippen molar-refractivity contribution in [1.29, 1.82) is 0 Å². The smallest absolute Gasteiger partial charge is 0.252 e. The molecule has 1 fully saturated rings. The number of nitrogens with two attached hydrogens (primary N) is 1. The van der Waals surface area contributed by atoms with Gasteiger partial charge in [0.15, 0.2) is 11.4 Å². The molecule has 1 heterocycles. The predicted molar refractivity (Wildman–Crippen MR) is 136 cm³/mol. The van der Waals surface area contributed by atoms with Gasteiger partial charge < -0.3 is 30.9 Å². The lowest BCUT2D eigenvalue weighted by Crippen LogP contribution is -2.62. The molecule has 1 amide bonds. The van der Waals surface area contributed by atoms with E-state index in [1.807, 2.05) is 0 Å². The quantitative estimate of drug-likeness (QED) is 0.407. The van der Waals surface area contributed by atoms with Crippen molar-refractivity contribution in [2.24, 2.45) is 17.6 Å². The van der Waals surface area contributed by atoms with E-state index in [-0.39, 0.29) is 35.3 Å². The van der Waals surface area contributed by atoms with Gasteiger partial charge in [0.2, 0.25) is 5.78 Å². The predicted octanol–water partition coefficient (Wildman–Crippen LogP) is 1.40. The number of fused-ring (bicyclic) bond motifs is 3. The van der Waals surface area contributed by atoms with E-state index in [9.17, 15) is 29.7 Å². The fraction of sp³-hybridized carbons (Fsp3) is 0.536. The van der Waals surface area contributed by atoms with Crippen molar-refractivity contribution in [2.45, 2.75) is 50.2 Å². The number of rotatable bonds is 6. The van der Waals surface area contributed by atoms with Crippen molar-refractivity contribution in [2.75, 3.05) is 33.7 Å². The van der Waals surface area contributed by atoms with Gasteiger partial charge in [-0.15, -0.1) is 0 Å². The van der Waals surface area contributed by atoms with Gasteiger partial charge in [-0.05, 0) is 89.8 Å². The number of benzene rings is 1. The number of aliphatic hydroxyl groups excluding tert-OH is 1. The summed E-state index contributed by atoms with van der Waals surface area (Å²) in [6, 6.07) is 0.630. The number of amides is 1. The normalized spacial score (nSPS) is 29.3. The van der Waals surface area contributed by atoms with Gasteiger partial charge in [-0.2, -0.15) is 0 Å². The largest absolute Gasteiger partial charge is 0.508 e. The third kappa shape index (κ3) is 3.97. The van der Waals surface area contributed by atoms with E-state index in [1.165, 1.54) is 12.1 Å². The van der Waals surface area contributed by atoms with Crippen molar-refractivity contribution in [1.82, 2.24) is 9.80 Å². The van der Waals surface area contributed by atoms with Gasteiger partial charge in [-0.25, -0.2) is 4.39 Å². The lowest BCUT2D eigenvalue weighted by Gasteiger charge is -2.49. The third-order valence-electron chi connectivity index (χ3n) is 8.78. The average molecular weight is 528 g/mol. The highest BCUT2D eigenvalue weighted by molar-refractivity contribution is 6.24. The molecule has 5 N–H and O–H groups in total. The molecule has 0 bridgehead atoms. The molecule has 0 spiro atoms. The summed E-state index contributed by atoms with van der Waals surface area (Å²) in [5, 5.41) is 34.0. The molecule has 3 aliphatic carbocycles. The summed E-state index contributed by atoms with van der Waals surface area (Å²) < 4.78 is 15.4. The van der Waals surface area contributed by atoms with Crippen molar-refractivity contribution in [3.05, 3.63) is 51.6 Å². The van der Waals surface area contributed by atoms with Crippen LogP contribution < -0.4 is 5.73 Å². The maximum atomic E-state index is 15.4. The Labute approximate surface area is 220 Å². The van der Waals surface area contributed by atoms with Crippen LogP contribution in [0.4, 0.5) is 4.39 Å². The van der Waals surface area contributed by atoms with Crippen LogP contribution in [0.2, 0.25) is 0 Å². The van der Waals surface area contributed by atoms with Crippen LogP contribution in [-0.4, -0.2) is 88.0 Å². The van der Waals surface area contributed by atoms with Gasteiger partial charge in [-0.3, -0.25) is 14.4 Å². The first-order valence-corrected chi connectivity index (χ1v) is 13.2. The Morgan fingerprint density at radius 2 is 1.92 bits per heavy atom. The number of Topliss-reactive ketones (excluding diaryl/α,β-unsaturated/α-hetero) is 2. The zero-order chi connectivity index (χ0) is 27.5. The van der Waals surface area contributed by atoms with Crippen molar-refractivity contribution in [3.63, 3.8) is 0 Å². The van der Waals surface area contributed by atoms with Crippen molar-refractivity contribution >= 4 is 17.5 Å². The van der Waals surface area contributed by atoms with Gasteiger partial charge in [0.1, 0.15) is 17.3 Å². The maximum absolute atomic E-state index is 15.4. The molecule has 1 saturated heterocycles. The Morgan fingerprint density at radius 3 is 2.55 bits per heavy atom. The molecule has 204 valence electrons. The second-order valence-corrected chi connectivity index (χ2v) is 11.2. The topological polar surface area (TPSA) is 144 Å². The number of aromatic hydroxyl groups is 1. The van der Waals surface area contributed by atoms with E-state index in [0.717, 1.165) is 32.5 Å². The van der Waals surface area contributed by atoms with E-state index in [2.05, 4.69) is 4.90 Å². The van der Waals surface area contributed by atoms with E-state index in [0.29, 0.717) is 18.4 Å². The number of hydrogen-bond donors (Lipinski definition) is 4. The van der Waals surface area contributed by atoms with Crippen LogP contribution in [0.1, 0.15) is 47.2 Å². The molecule has 0 unspecified atom stereocenters. The summed E-state index contributed by atoms with van der Waals surface area (Å²) in [4.78, 5) is 43.0. The number of likely N-dealkylation sites (tertiary alicyclic amines) is 1. The van der Waals surface area contributed by atoms with Gasteiger partial charge in [0, 0.05) is 23.1 Å². The fourth-order valence-electron chi connectivity index (χ4n) is 6.83. The number of allylic oxidation sites excluding steroid dienone is 1. The number of aryl methyl sites for hydroxylation is 1. The minimum Gasteiger partial charge on any atom is -0.508 e. The van der Waals surface area contributed by atoms with E-state index < -0.39 is 58.1 Å². The molecular weight excluding hydrogens is 493 g/mol. The van der Waals surface area contributed by atoms with Crippen LogP contribution in [0.5, 0.6) is 5.75 Å². The van der Waals surface area contributed by atoms with Gasteiger partial charge in [0.25, 0.3) is 5.91 Å². The highest BCUT2D eigenvalue weighted by Crippen LogP contribution is 2.51. The standard InChI is InChI=1S/C28H34FN3O6/c1-31(2)20-13-17(27(30)37)25(35)28(38)18(20)11-15-10-16-19(29)12-14(6-5-9-32-7-3-4-8-32)23(33)22(16)24(34)21(15)26(28)36/h12-13,15,18,20,33,36,38H,3-11H2,1-2H3,(H2,30,37)/t15-,18-,20+,28+/m0/s1. The molecule has 1 aromatic carbocycles. The molecular formula is C28H34FN3O6. The molecule has 0 radical (unpaired) electrons. The molecule has 0 saturated carbocycles. The Morgan fingerprint density at radius 1 is 1.24 bits per heavy atom. The fourth-order valence-corrected chi connectivity index (χ4v) is 6.83. The first kappa shape index (κ1) is 26.5. The number of carbonyl (C=O) groups excluding carboxylic acids is 3. The van der Waals surface area contributed by atoms with Crippen molar-refractivity contribution < 1.29 is 34.1 Å². The summed E-state index contributed by atoms with van der Waals surface area (Å²) in [7, 11) is 3.38. The summed E-state index contributed by atoms with van der Waals surface area (Å²) in [6.07, 6.45) is 4.82. The number of primary amides is 1. The van der Waals surface area contributed by atoms with Gasteiger partial charge in [0.05, 0.1) is 11.1 Å². The second kappa shape index (κ2) is 9.59. The minimum absolute atomic E-state index is 0.0151. The lowest BCUT2D eigenvalue weighted by molar-refractivity contribution is -0.146. The Hall–Kier alpha value is -3.08. The molecule has 1 aromatic rings. The summed E-state index contributed by atoms with van der Waals surface area (Å²) in [6.45, 7) is 2.84. The lowest BCUT2D eigenvalue weighted by atomic mass is 9.59. The molecule has 38 heavy (non-hydrogen) atoms. The Bertz CT molecular complexity index is 1280. The minimum atomic E-state index is -2.55. The summed E-state index contributed by atoms with van der Waals surface area (Å²) >= 11 is 0. The first-order chi connectivity index (χ1) is 18.0. The number of phenols is 1. The second-order valence-electron chi connectivity index (χ2n) is 11.2. The molecule has 0 aromatic heterocycles. The Balaban J connectivity index is 1.54. The first-order valence-electron chi connectivity index (χ1n) is 13.2. The van der Waals surface area contributed by atoms with Crippen LogP contribution in [0, 0.1) is 17.7 Å².